The Kier molecular flexibility index (Phi) is 6.09. The third-order valence-corrected chi connectivity index (χ3v) is 4.01. The Morgan fingerprint density at radius 2 is 2.00 bits per heavy atom. The molecule has 0 radical (unpaired) electrons. The predicted molar refractivity (Wildman–Crippen MR) is 71.6 cm³/mol. The molecule has 1 fully saturated rings. The van der Waals surface area contributed by atoms with Crippen LogP contribution in [-0.4, -0.2) is 46.3 Å². The molecule has 106 valence electrons. The molecule has 0 aromatic carbocycles. The summed E-state index contributed by atoms with van der Waals surface area (Å²) in [6.45, 7) is 6.96. The van der Waals surface area contributed by atoms with Gasteiger partial charge in [0.05, 0.1) is 11.5 Å². The summed E-state index contributed by atoms with van der Waals surface area (Å²) in [4.78, 5) is 13.7. The van der Waals surface area contributed by atoms with Gasteiger partial charge in [-0.2, -0.15) is 0 Å². The van der Waals surface area contributed by atoms with Gasteiger partial charge in [0.2, 0.25) is 0 Å². The van der Waals surface area contributed by atoms with Crippen LogP contribution in [0.3, 0.4) is 0 Å². The Morgan fingerprint density at radius 3 is 2.56 bits per heavy atom. The first-order chi connectivity index (χ1) is 8.53. The van der Waals surface area contributed by atoms with Crippen molar-refractivity contribution in [3.8, 4) is 0 Å². The third kappa shape index (κ3) is 3.95. The van der Waals surface area contributed by atoms with Crippen molar-refractivity contribution in [1.82, 2.24) is 4.90 Å². The van der Waals surface area contributed by atoms with E-state index in [-0.39, 0.29) is 0 Å². The largest absolute Gasteiger partial charge is 0.481 e. The number of hydrogen-bond donors (Lipinski definition) is 2. The molecule has 0 aliphatic carbocycles. The molecule has 2 N–H and O–H groups in total. The second-order valence-corrected chi connectivity index (χ2v) is 5.48. The lowest BCUT2D eigenvalue weighted by Gasteiger charge is -2.33. The lowest BCUT2D eigenvalue weighted by atomic mass is 9.79. The van der Waals surface area contributed by atoms with Crippen LogP contribution < -0.4 is 0 Å². The Balaban J connectivity index is 2.69. The highest BCUT2D eigenvalue weighted by atomic mass is 16.4. The zero-order valence-electron chi connectivity index (χ0n) is 11.7. The van der Waals surface area contributed by atoms with Crippen LogP contribution in [0.15, 0.2) is 0 Å². The fraction of sp³-hybridized carbons (Fsp3) is 0.929. The van der Waals surface area contributed by atoms with Crippen molar-refractivity contribution < 1.29 is 15.0 Å². The van der Waals surface area contributed by atoms with Gasteiger partial charge in [-0.1, -0.05) is 20.3 Å². The monoisotopic (exact) mass is 257 g/mol. The van der Waals surface area contributed by atoms with Gasteiger partial charge in [-0.25, -0.2) is 0 Å². The van der Waals surface area contributed by atoms with E-state index in [1.165, 1.54) is 0 Å². The molecule has 1 heterocycles. The van der Waals surface area contributed by atoms with E-state index in [1.54, 1.807) is 0 Å². The quantitative estimate of drug-likeness (QED) is 0.765. The van der Waals surface area contributed by atoms with Gasteiger partial charge in [-0.05, 0) is 45.2 Å². The van der Waals surface area contributed by atoms with Crippen LogP contribution in [0.1, 0.15) is 52.4 Å². The first-order valence-electron chi connectivity index (χ1n) is 7.21. The predicted octanol–water partition coefficient (Wildman–Crippen LogP) is 2.11. The van der Waals surface area contributed by atoms with Crippen molar-refractivity contribution >= 4 is 5.97 Å². The molecule has 1 aliphatic rings. The molecule has 2 unspecified atom stereocenters. The van der Waals surface area contributed by atoms with Crippen molar-refractivity contribution in [2.75, 3.05) is 19.6 Å². The average Bonchev–Trinajstić information content (AvgIpc) is 2.50. The van der Waals surface area contributed by atoms with Crippen LogP contribution >= 0.6 is 0 Å². The van der Waals surface area contributed by atoms with Crippen LogP contribution in [0, 0.1) is 5.92 Å². The van der Waals surface area contributed by atoms with E-state index >= 15 is 0 Å². The average molecular weight is 257 g/mol. The van der Waals surface area contributed by atoms with Gasteiger partial charge < -0.3 is 15.1 Å². The number of nitrogens with zero attached hydrogens (tertiary/aromatic N) is 1. The van der Waals surface area contributed by atoms with Crippen molar-refractivity contribution in [1.29, 1.82) is 0 Å². The molecule has 18 heavy (non-hydrogen) atoms. The summed E-state index contributed by atoms with van der Waals surface area (Å²) in [6, 6.07) is 0. The second-order valence-electron chi connectivity index (χ2n) is 5.48. The van der Waals surface area contributed by atoms with Gasteiger partial charge in [0.25, 0.3) is 0 Å². The highest BCUT2D eigenvalue weighted by molar-refractivity contribution is 5.71. The van der Waals surface area contributed by atoms with Crippen molar-refractivity contribution in [3.63, 3.8) is 0 Å². The van der Waals surface area contributed by atoms with Crippen LogP contribution in [0.25, 0.3) is 0 Å². The number of aliphatic carboxylic acids is 1. The zero-order valence-corrected chi connectivity index (χ0v) is 11.7. The summed E-state index contributed by atoms with van der Waals surface area (Å²) in [5, 5.41) is 20.0. The number of carboxylic acids is 1. The fourth-order valence-corrected chi connectivity index (χ4v) is 3.00. The molecular weight excluding hydrogens is 230 g/mol. The highest BCUT2D eigenvalue weighted by Crippen LogP contribution is 2.33. The van der Waals surface area contributed by atoms with Crippen LogP contribution in [0.4, 0.5) is 0 Å². The molecular formula is C14H27NO3. The number of rotatable bonds is 6. The molecule has 0 saturated carbocycles. The number of carboxylic acid groups (broad SMARTS) is 1. The maximum atomic E-state index is 11.3. The van der Waals surface area contributed by atoms with E-state index in [0.29, 0.717) is 19.3 Å². The smallest absolute Gasteiger partial charge is 0.309 e. The summed E-state index contributed by atoms with van der Waals surface area (Å²) >= 11 is 0. The Morgan fingerprint density at radius 1 is 1.28 bits per heavy atom. The Hall–Kier alpha value is -0.610. The van der Waals surface area contributed by atoms with Crippen molar-refractivity contribution in [2.45, 2.75) is 58.0 Å². The zero-order chi connectivity index (χ0) is 13.6. The Labute approximate surface area is 110 Å². The second kappa shape index (κ2) is 7.10. The SMILES string of the molecule is CCCC(C(=O)O)C1(O)CCCN(CCC)CC1. The summed E-state index contributed by atoms with van der Waals surface area (Å²) in [6.07, 6.45) is 4.57. The molecule has 4 nitrogen and oxygen atoms in total. The summed E-state index contributed by atoms with van der Waals surface area (Å²) in [7, 11) is 0. The van der Waals surface area contributed by atoms with Crippen molar-refractivity contribution in [3.05, 3.63) is 0 Å². The van der Waals surface area contributed by atoms with Gasteiger partial charge >= 0.3 is 5.97 Å². The van der Waals surface area contributed by atoms with E-state index in [9.17, 15) is 15.0 Å². The number of hydrogen-bond acceptors (Lipinski definition) is 3. The maximum Gasteiger partial charge on any atom is 0.309 e. The van der Waals surface area contributed by atoms with Gasteiger partial charge in [0.1, 0.15) is 0 Å². The summed E-state index contributed by atoms with van der Waals surface area (Å²) in [5.41, 5.74) is -1.01. The van der Waals surface area contributed by atoms with E-state index in [2.05, 4.69) is 11.8 Å². The van der Waals surface area contributed by atoms with Gasteiger partial charge in [-0.3, -0.25) is 4.79 Å². The van der Waals surface area contributed by atoms with Gasteiger partial charge in [0.15, 0.2) is 0 Å². The molecule has 0 spiro atoms. The van der Waals surface area contributed by atoms with Crippen LogP contribution in [-0.2, 0) is 4.79 Å². The van der Waals surface area contributed by atoms with E-state index < -0.39 is 17.5 Å². The minimum atomic E-state index is -1.01. The first-order valence-corrected chi connectivity index (χ1v) is 7.21. The topological polar surface area (TPSA) is 60.8 Å². The first kappa shape index (κ1) is 15.4. The number of likely N-dealkylation sites (tertiary alicyclic amines) is 1. The molecule has 1 saturated heterocycles. The molecule has 0 aromatic rings. The normalized spacial score (nSPS) is 27.7. The summed E-state index contributed by atoms with van der Waals surface area (Å²) < 4.78 is 0. The minimum absolute atomic E-state index is 0.569. The van der Waals surface area contributed by atoms with Crippen LogP contribution in [0.5, 0.6) is 0 Å². The van der Waals surface area contributed by atoms with E-state index in [4.69, 9.17) is 0 Å². The molecule has 0 amide bonds. The van der Waals surface area contributed by atoms with Crippen molar-refractivity contribution in [2.24, 2.45) is 5.92 Å². The highest BCUT2D eigenvalue weighted by Gasteiger charge is 2.41. The molecule has 0 aromatic heterocycles. The standard InChI is InChI=1S/C14H27NO3/c1-3-6-12(13(16)17)14(18)7-5-10-15(9-4-2)11-8-14/h12,18H,3-11H2,1-2H3,(H,16,17). The van der Waals surface area contributed by atoms with Gasteiger partial charge in [-0.15, -0.1) is 0 Å². The lowest BCUT2D eigenvalue weighted by Crippen LogP contribution is -2.43. The maximum absolute atomic E-state index is 11.3. The Bertz CT molecular complexity index is 270. The minimum Gasteiger partial charge on any atom is -0.481 e. The van der Waals surface area contributed by atoms with E-state index in [1.807, 2.05) is 6.92 Å². The molecule has 2 atom stereocenters. The lowest BCUT2D eigenvalue weighted by molar-refractivity contribution is -0.153. The summed E-state index contributed by atoms with van der Waals surface area (Å²) in [5.74, 6) is -1.45. The number of aliphatic hydroxyl groups is 1. The number of carbonyl (C=O) groups is 1. The molecule has 1 rings (SSSR count). The molecule has 0 bridgehead atoms. The van der Waals surface area contributed by atoms with E-state index in [0.717, 1.165) is 38.9 Å². The third-order valence-electron chi connectivity index (χ3n) is 4.01. The van der Waals surface area contributed by atoms with Crippen LogP contribution in [0.2, 0.25) is 0 Å². The van der Waals surface area contributed by atoms with Gasteiger partial charge in [0, 0.05) is 6.54 Å². The molecule has 4 heteroatoms. The molecule has 1 aliphatic heterocycles. The fourth-order valence-electron chi connectivity index (χ4n) is 3.00.